The standard InChI is InChI=1S/C26H36N6O5/c1-3-15(2)21(32-22(33)18-11-6-9-16-8-4-5-10-17(16)18)24-31-20(14-37-24)23(34)30-19(25(35)36)12-7-13-29-26(27)28/h4-5,8,10,14-15,18-19,21H,3,6-7,9,11-13H2,1-2H3,(H,30,34)(H,32,33)(H,35,36)(H4,27,28,29)/t15?,18?,19-,21?/m0/s1. The molecule has 1 heterocycles. The summed E-state index contributed by atoms with van der Waals surface area (Å²) in [4.78, 5) is 45.8. The summed E-state index contributed by atoms with van der Waals surface area (Å²) in [6.07, 6.45) is 5.08. The van der Waals surface area contributed by atoms with Crippen LogP contribution in [0.2, 0.25) is 0 Å². The summed E-state index contributed by atoms with van der Waals surface area (Å²) in [5.41, 5.74) is 12.7. The van der Waals surface area contributed by atoms with E-state index in [0.717, 1.165) is 31.2 Å². The minimum absolute atomic E-state index is 0.0142. The highest BCUT2D eigenvalue weighted by atomic mass is 16.4. The molecule has 0 aliphatic heterocycles. The molecule has 0 saturated carbocycles. The van der Waals surface area contributed by atoms with Crippen molar-refractivity contribution in [2.75, 3.05) is 6.54 Å². The zero-order valence-corrected chi connectivity index (χ0v) is 21.3. The van der Waals surface area contributed by atoms with Crippen LogP contribution in [0.25, 0.3) is 0 Å². The SMILES string of the molecule is CCC(C)C(NC(=O)C1CCCc2ccccc21)c1nc(C(=O)N[C@@H](CCCN=C(N)N)C(=O)O)co1. The number of nitrogens with zero attached hydrogens (tertiary/aromatic N) is 2. The Hall–Kier alpha value is -3.89. The van der Waals surface area contributed by atoms with Crippen molar-refractivity contribution in [1.82, 2.24) is 15.6 Å². The second kappa shape index (κ2) is 12.9. The minimum Gasteiger partial charge on any atom is -0.480 e. The summed E-state index contributed by atoms with van der Waals surface area (Å²) in [6, 6.07) is 6.31. The average molecular weight is 513 g/mol. The third-order valence-electron chi connectivity index (χ3n) is 6.77. The van der Waals surface area contributed by atoms with Crippen molar-refractivity contribution in [2.45, 2.75) is 70.4 Å². The van der Waals surface area contributed by atoms with Crippen LogP contribution in [0.15, 0.2) is 39.9 Å². The maximum absolute atomic E-state index is 13.3. The Labute approximate surface area is 216 Å². The number of fused-ring (bicyclic) bond motifs is 1. The fourth-order valence-electron chi connectivity index (χ4n) is 4.49. The van der Waals surface area contributed by atoms with Gasteiger partial charge in [0.15, 0.2) is 11.7 Å². The first kappa shape index (κ1) is 27.7. The molecular weight excluding hydrogens is 476 g/mol. The van der Waals surface area contributed by atoms with E-state index in [2.05, 4.69) is 26.7 Å². The van der Waals surface area contributed by atoms with Gasteiger partial charge in [-0.15, -0.1) is 0 Å². The van der Waals surface area contributed by atoms with E-state index in [-0.39, 0.29) is 48.3 Å². The van der Waals surface area contributed by atoms with Crippen molar-refractivity contribution in [3.05, 3.63) is 53.2 Å². The molecule has 1 aromatic heterocycles. The number of benzene rings is 1. The van der Waals surface area contributed by atoms with Gasteiger partial charge in [0.1, 0.15) is 18.3 Å². The van der Waals surface area contributed by atoms with Crippen LogP contribution >= 0.6 is 0 Å². The van der Waals surface area contributed by atoms with E-state index in [0.29, 0.717) is 6.42 Å². The number of hydrogen-bond acceptors (Lipinski definition) is 6. The number of hydrogen-bond donors (Lipinski definition) is 5. The number of guanidine groups is 1. The summed E-state index contributed by atoms with van der Waals surface area (Å²) in [7, 11) is 0. The Morgan fingerprint density at radius 1 is 1.24 bits per heavy atom. The van der Waals surface area contributed by atoms with E-state index in [9.17, 15) is 19.5 Å². The van der Waals surface area contributed by atoms with Crippen LogP contribution in [-0.2, 0) is 16.0 Å². The highest BCUT2D eigenvalue weighted by Gasteiger charge is 2.32. The highest BCUT2D eigenvalue weighted by Crippen LogP contribution is 2.33. The smallest absolute Gasteiger partial charge is 0.326 e. The first-order valence-electron chi connectivity index (χ1n) is 12.6. The molecule has 200 valence electrons. The molecule has 2 amide bonds. The van der Waals surface area contributed by atoms with E-state index in [1.807, 2.05) is 32.0 Å². The number of carbonyl (C=O) groups is 3. The number of carboxylic acid groups (broad SMARTS) is 1. The lowest BCUT2D eigenvalue weighted by Gasteiger charge is -2.28. The molecule has 3 rings (SSSR count). The van der Waals surface area contributed by atoms with Gasteiger partial charge in [-0.3, -0.25) is 14.6 Å². The maximum atomic E-state index is 13.3. The third kappa shape index (κ3) is 7.31. The van der Waals surface area contributed by atoms with Crippen LogP contribution in [0, 0.1) is 5.92 Å². The number of amides is 2. The number of rotatable bonds is 12. The third-order valence-corrected chi connectivity index (χ3v) is 6.77. The van der Waals surface area contributed by atoms with Crippen LogP contribution in [0.4, 0.5) is 0 Å². The normalized spacial score (nSPS) is 17.1. The number of nitrogens with two attached hydrogens (primary N) is 2. The zero-order chi connectivity index (χ0) is 26.9. The fraction of sp³-hybridized carbons (Fsp3) is 0.500. The van der Waals surface area contributed by atoms with E-state index in [4.69, 9.17) is 15.9 Å². The molecule has 1 aliphatic rings. The number of aliphatic imine (C=N–C) groups is 1. The largest absolute Gasteiger partial charge is 0.480 e. The Morgan fingerprint density at radius 3 is 2.70 bits per heavy atom. The van der Waals surface area contributed by atoms with Crippen LogP contribution in [0.5, 0.6) is 0 Å². The molecule has 0 saturated heterocycles. The Bertz CT molecular complexity index is 1130. The van der Waals surface area contributed by atoms with Gasteiger partial charge < -0.3 is 31.6 Å². The van der Waals surface area contributed by atoms with Gasteiger partial charge >= 0.3 is 5.97 Å². The molecule has 11 heteroatoms. The summed E-state index contributed by atoms with van der Waals surface area (Å²) >= 11 is 0. The van der Waals surface area contributed by atoms with Gasteiger partial charge in [0.25, 0.3) is 5.91 Å². The first-order chi connectivity index (χ1) is 17.7. The summed E-state index contributed by atoms with van der Waals surface area (Å²) < 4.78 is 5.62. The van der Waals surface area contributed by atoms with Crippen LogP contribution < -0.4 is 22.1 Å². The molecule has 4 atom stereocenters. The molecule has 0 bridgehead atoms. The molecule has 1 aliphatic carbocycles. The molecule has 7 N–H and O–H groups in total. The molecule has 0 fully saturated rings. The van der Waals surface area contributed by atoms with Gasteiger partial charge in [-0.05, 0) is 49.1 Å². The molecule has 0 spiro atoms. The lowest BCUT2D eigenvalue weighted by Crippen LogP contribution is -2.41. The molecule has 1 aromatic carbocycles. The average Bonchev–Trinajstić information content (AvgIpc) is 3.38. The van der Waals surface area contributed by atoms with E-state index in [1.54, 1.807) is 0 Å². The minimum atomic E-state index is -1.18. The number of oxazole rings is 1. The first-order valence-corrected chi connectivity index (χ1v) is 12.6. The molecule has 2 aromatic rings. The lowest BCUT2D eigenvalue weighted by atomic mass is 9.82. The summed E-state index contributed by atoms with van der Waals surface area (Å²) in [5.74, 6) is -2.12. The number of carboxylic acids is 1. The summed E-state index contributed by atoms with van der Waals surface area (Å²) in [6.45, 7) is 4.22. The van der Waals surface area contributed by atoms with Crippen LogP contribution in [-0.4, -0.2) is 46.4 Å². The van der Waals surface area contributed by atoms with Gasteiger partial charge in [-0.1, -0.05) is 44.5 Å². The Kier molecular flexibility index (Phi) is 9.64. The molecule has 37 heavy (non-hydrogen) atoms. The fourth-order valence-corrected chi connectivity index (χ4v) is 4.49. The van der Waals surface area contributed by atoms with Crippen LogP contribution in [0.1, 0.15) is 85.4 Å². The van der Waals surface area contributed by atoms with Crippen molar-refractivity contribution in [1.29, 1.82) is 0 Å². The van der Waals surface area contributed by atoms with Gasteiger partial charge in [-0.2, -0.15) is 0 Å². The number of aryl methyl sites for hydroxylation is 1. The predicted octanol–water partition coefficient (Wildman–Crippen LogP) is 2.23. The quantitative estimate of drug-likeness (QED) is 0.163. The molecule has 0 radical (unpaired) electrons. The second-order valence-electron chi connectivity index (χ2n) is 9.40. The highest BCUT2D eigenvalue weighted by molar-refractivity contribution is 5.94. The Balaban J connectivity index is 1.70. The second-order valence-corrected chi connectivity index (χ2v) is 9.40. The van der Waals surface area contributed by atoms with Gasteiger partial charge in [0.2, 0.25) is 11.8 Å². The van der Waals surface area contributed by atoms with Crippen molar-refractivity contribution >= 4 is 23.7 Å². The van der Waals surface area contributed by atoms with Gasteiger partial charge in [-0.25, -0.2) is 9.78 Å². The number of carbonyl (C=O) groups excluding carboxylic acids is 2. The zero-order valence-electron chi connectivity index (χ0n) is 21.3. The maximum Gasteiger partial charge on any atom is 0.326 e. The van der Waals surface area contributed by atoms with Gasteiger partial charge in [0, 0.05) is 6.54 Å². The molecular formula is C26H36N6O5. The number of aromatic nitrogens is 1. The van der Waals surface area contributed by atoms with Crippen molar-refractivity contribution in [2.24, 2.45) is 22.4 Å². The van der Waals surface area contributed by atoms with E-state index >= 15 is 0 Å². The van der Waals surface area contributed by atoms with Crippen LogP contribution in [0.3, 0.4) is 0 Å². The van der Waals surface area contributed by atoms with E-state index < -0.39 is 24.0 Å². The lowest BCUT2D eigenvalue weighted by molar-refractivity contribution is -0.139. The van der Waals surface area contributed by atoms with Crippen molar-refractivity contribution in [3.63, 3.8) is 0 Å². The van der Waals surface area contributed by atoms with Gasteiger partial charge in [0.05, 0.1) is 5.92 Å². The summed E-state index contributed by atoms with van der Waals surface area (Å²) in [5, 5.41) is 15.0. The number of aliphatic carboxylic acids is 1. The predicted molar refractivity (Wildman–Crippen MR) is 138 cm³/mol. The molecule has 11 nitrogen and oxygen atoms in total. The topological polar surface area (TPSA) is 186 Å². The van der Waals surface area contributed by atoms with Crippen molar-refractivity contribution in [3.8, 4) is 0 Å². The van der Waals surface area contributed by atoms with E-state index in [1.165, 1.54) is 11.8 Å². The van der Waals surface area contributed by atoms with Crippen molar-refractivity contribution < 1.29 is 23.9 Å². The monoisotopic (exact) mass is 512 g/mol. The number of nitrogens with one attached hydrogen (secondary N) is 2. The molecule has 3 unspecified atom stereocenters. The Morgan fingerprint density at radius 2 is 2.00 bits per heavy atom.